The summed E-state index contributed by atoms with van der Waals surface area (Å²) < 4.78 is 25.1. The van der Waals surface area contributed by atoms with E-state index in [1.165, 1.54) is 0 Å². The van der Waals surface area contributed by atoms with Crippen LogP contribution in [-0.4, -0.2) is 33.7 Å². The van der Waals surface area contributed by atoms with Crippen LogP contribution < -0.4 is 9.62 Å². The molecular formula is C14H18Cl2N2O3S. The molecular weight excluding hydrogens is 347 g/mol. The van der Waals surface area contributed by atoms with E-state index < -0.39 is 10.0 Å². The van der Waals surface area contributed by atoms with Crippen LogP contribution in [0.1, 0.15) is 19.3 Å². The van der Waals surface area contributed by atoms with E-state index in [0.29, 0.717) is 5.69 Å². The summed E-state index contributed by atoms with van der Waals surface area (Å²) in [7, 11) is -3.53. The van der Waals surface area contributed by atoms with Gasteiger partial charge in [0.25, 0.3) is 0 Å². The number of nitrogens with zero attached hydrogens (tertiary/aromatic N) is 1. The number of sulfonamides is 1. The van der Waals surface area contributed by atoms with Gasteiger partial charge in [-0.25, -0.2) is 8.42 Å². The van der Waals surface area contributed by atoms with Crippen molar-refractivity contribution in [3.8, 4) is 0 Å². The summed E-state index contributed by atoms with van der Waals surface area (Å²) in [6.45, 7) is 0.336. The summed E-state index contributed by atoms with van der Waals surface area (Å²) in [6.07, 6.45) is 3.98. The third-order valence-electron chi connectivity index (χ3n) is 3.69. The molecule has 0 radical (unpaired) electrons. The quantitative estimate of drug-likeness (QED) is 0.843. The van der Waals surface area contributed by atoms with Crippen LogP contribution in [0.5, 0.6) is 0 Å². The van der Waals surface area contributed by atoms with Gasteiger partial charge in [-0.05, 0) is 25.0 Å². The summed E-state index contributed by atoms with van der Waals surface area (Å²) in [5, 5.41) is 3.23. The molecule has 1 amide bonds. The molecule has 0 atom stereocenters. The fourth-order valence-corrected chi connectivity index (χ4v) is 3.63. The molecule has 122 valence electrons. The average molecular weight is 365 g/mol. The number of nitrogens with one attached hydrogen (secondary N) is 1. The normalized spacial score (nSPS) is 15.2. The SMILES string of the molecule is CS(=O)(=O)N(CCNC(=O)C1CCC1)c1cccc(Cl)c1Cl. The van der Waals surface area contributed by atoms with Gasteiger partial charge in [0.1, 0.15) is 0 Å². The average Bonchev–Trinajstić information content (AvgIpc) is 2.35. The number of amides is 1. The molecule has 1 aromatic rings. The number of benzene rings is 1. The van der Waals surface area contributed by atoms with E-state index >= 15 is 0 Å². The van der Waals surface area contributed by atoms with Crippen LogP contribution in [0.4, 0.5) is 5.69 Å². The van der Waals surface area contributed by atoms with Gasteiger partial charge in [-0.1, -0.05) is 35.7 Å². The summed E-state index contributed by atoms with van der Waals surface area (Å²) in [6, 6.07) is 4.81. The second kappa shape index (κ2) is 7.06. The molecule has 0 aromatic heterocycles. The van der Waals surface area contributed by atoms with Crippen LogP contribution in [0.2, 0.25) is 10.0 Å². The Morgan fingerprint density at radius 1 is 1.36 bits per heavy atom. The zero-order chi connectivity index (χ0) is 16.3. The number of halogens is 2. The van der Waals surface area contributed by atoms with Gasteiger partial charge in [0.15, 0.2) is 0 Å². The molecule has 1 aliphatic rings. The molecule has 1 saturated carbocycles. The lowest BCUT2D eigenvalue weighted by molar-refractivity contribution is -0.127. The second-order valence-electron chi connectivity index (χ2n) is 5.33. The highest BCUT2D eigenvalue weighted by molar-refractivity contribution is 7.92. The Labute approximate surface area is 140 Å². The first kappa shape index (κ1) is 17.4. The maximum Gasteiger partial charge on any atom is 0.232 e. The van der Waals surface area contributed by atoms with E-state index in [0.717, 1.165) is 29.8 Å². The van der Waals surface area contributed by atoms with E-state index in [2.05, 4.69) is 5.32 Å². The van der Waals surface area contributed by atoms with Crippen LogP contribution in [-0.2, 0) is 14.8 Å². The molecule has 8 heteroatoms. The van der Waals surface area contributed by atoms with Gasteiger partial charge >= 0.3 is 0 Å². The van der Waals surface area contributed by atoms with Crippen molar-refractivity contribution in [2.45, 2.75) is 19.3 Å². The highest BCUT2D eigenvalue weighted by Crippen LogP contribution is 2.33. The predicted octanol–water partition coefficient (Wildman–Crippen LogP) is 2.68. The lowest BCUT2D eigenvalue weighted by Crippen LogP contribution is -2.41. The lowest BCUT2D eigenvalue weighted by Gasteiger charge is -2.26. The van der Waals surface area contributed by atoms with Gasteiger partial charge in [-0.3, -0.25) is 9.10 Å². The van der Waals surface area contributed by atoms with Crippen molar-refractivity contribution in [1.82, 2.24) is 5.32 Å². The minimum absolute atomic E-state index is 0.0168. The molecule has 1 aromatic carbocycles. The van der Waals surface area contributed by atoms with Gasteiger partial charge in [0, 0.05) is 12.5 Å². The maximum absolute atomic E-state index is 12.0. The second-order valence-corrected chi connectivity index (χ2v) is 8.02. The molecule has 0 spiro atoms. The zero-order valence-corrected chi connectivity index (χ0v) is 14.5. The largest absolute Gasteiger partial charge is 0.354 e. The molecule has 0 saturated heterocycles. The molecule has 0 bridgehead atoms. The van der Waals surface area contributed by atoms with Crippen molar-refractivity contribution in [2.75, 3.05) is 23.7 Å². The molecule has 1 fully saturated rings. The number of rotatable bonds is 6. The van der Waals surface area contributed by atoms with Crippen molar-refractivity contribution < 1.29 is 13.2 Å². The standard InChI is InChI=1S/C14H18Cl2N2O3S/c1-22(20,21)18(12-7-3-6-11(15)13(12)16)9-8-17-14(19)10-4-2-5-10/h3,6-7,10H,2,4-5,8-9H2,1H3,(H,17,19). The van der Waals surface area contributed by atoms with Crippen molar-refractivity contribution in [3.05, 3.63) is 28.2 Å². The topological polar surface area (TPSA) is 66.5 Å². The Bertz CT molecular complexity index is 660. The summed E-state index contributed by atoms with van der Waals surface area (Å²) in [5.41, 5.74) is 0.314. The monoisotopic (exact) mass is 364 g/mol. The molecule has 5 nitrogen and oxygen atoms in total. The fraction of sp³-hybridized carbons (Fsp3) is 0.500. The molecule has 1 aliphatic carbocycles. The Morgan fingerprint density at radius 2 is 2.05 bits per heavy atom. The van der Waals surface area contributed by atoms with E-state index in [1.54, 1.807) is 18.2 Å². The van der Waals surface area contributed by atoms with E-state index in [-0.39, 0.29) is 35.0 Å². The van der Waals surface area contributed by atoms with Crippen molar-refractivity contribution in [1.29, 1.82) is 0 Å². The van der Waals surface area contributed by atoms with Crippen LogP contribution in [0, 0.1) is 5.92 Å². The van der Waals surface area contributed by atoms with Crippen LogP contribution >= 0.6 is 23.2 Å². The van der Waals surface area contributed by atoms with Crippen molar-refractivity contribution in [3.63, 3.8) is 0 Å². The van der Waals surface area contributed by atoms with Gasteiger partial charge in [0.2, 0.25) is 15.9 Å². The summed E-state index contributed by atoms with van der Waals surface area (Å²) in [5.74, 6) is 0.0540. The molecule has 0 unspecified atom stereocenters. The number of anilines is 1. The number of carbonyl (C=O) groups excluding carboxylic acids is 1. The summed E-state index contributed by atoms with van der Waals surface area (Å²) in [4.78, 5) is 11.8. The molecule has 0 aliphatic heterocycles. The zero-order valence-electron chi connectivity index (χ0n) is 12.2. The highest BCUT2D eigenvalue weighted by Gasteiger charge is 2.26. The van der Waals surface area contributed by atoms with Gasteiger partial charge in [0.05, 0.1) is 28.5 Å². The fourth-order valence-electron chi connectivity index (χ4n) is 2.25. The van der Waals surface area contributed by atoms with Crippen LogP contribution in [0.15, 0.2) is 18.2 Å². The highest BCUT2D eigenvalue weighted by atomic mass is 35.5. The third kappa shape index (κ3) is 4.06. The number of hydrogen-bond acceptors (Lipinski definition) is 3. The summed E-state index contributed by atoms with van der Waals surface area (Å²) >= 11 is 12.0. The van der Waals surface area contributed by atoms with Gasteiger partial charge in [-0.15, -0.1) is 0 Å². The van der Waals surface area contributed by atoms with Crippen LogP contribution in [0.3, 0.4) is 0 Å². The Balaban J connectivity index is 2.07. The molecule has 0 heterocycles. The maximum atomic E-state index is 12.0. The first-order valence-electron chi connectivity index (χ1n) is 7.00. The molecule has 22 heavy (non-hydrogen) atoms. The van der Waals surface area contributed by atoms with Crippen LogP contribution in [0.25, 0.3) is 0 Å². The molecule has 2 rings (SSSR count). The van der Waals surface area contributed by atoms with Gasteiger partial charge < -0.3 is 5.32 Å². The van der Waals surface area contributed by atoms with Gasteiger partial charge in [-0.2, -0.15) is 0 Å². The third-order valence-corrected chi connectivity index (χ3v) is 5.68. The first-order chi connectivity index (χ1) is 10.3. The Morgan fingerprint density at radius 3 is 2.59 bits per heavy atom. The number of hydrogen-bond donors (Lipinski definition) is 1. The van der Waals surface area contributed by atoms with Crippen molar-refractivity contribution >= 4 is 44.8 Å². The lowest BCUT2D eigenvalue weighted by atomic mass is 9.85. The van der Waals surface area contributed by atoms with E-state index in [1.807, 2.05) is 0 Å². The minimum atomic E-state index is -3.53. The first-order valence-corrected chi connectivity index (χ1v) is 9.60. The predicted molar refractivity (Wildman–Crippen MR) is 89.0 cm³/mol. The minimum Gasteiger partial charge on any atom is -0.354 e. The number of carbonyl (C=O) groups is 1. The Hall–Kier alpha value is -0.980. The smallest absolute Gasteiger partial charge is 0.232 e. The Kier molecular flexibility index (Phi) is 5.58. The van der Waals surface area contributed by atoms with E-state index in [4.69, 9.17) is 23.2 Å². The van der Waals surface area contributed by atoms with Crippen molar-refractivity contribution in [2.24, 2.45) is 5.92 Å². The van der Waals surface area contributed by atoms with E-state index in [9.17, 15) is 13.2 Å². The molecule has 1 N–H and O–H groups in total.